The van der Waals surface area contributed by atoms with E-state index in [9.17, 15) is 31.5 Å². The number of benzene rings is 2. The van der Waals surface area contributed by atoms with Gasteiger partial charge in [-0.25, -0.2) is 22.8 Å². The van der Waals surface area contributed by atoms with Crippen molar-refractivity contribution < 1.29 is 35.9 Å². The zero-order valence-corrected chi connectivity index (χ0v) is 12.0. The Bertz CT molecular complexity index is 1030. The first-order valence-electron chi connectivity index (χ1n) is 6.61. The summed E-state index contributed by atoms with van der Waals surface area (Å²) in [6.45, 7) is -0.866. The number of hydrogen-bond acceptors (Lipinski definition) is 4. The average Bonchev–Trinajstić information content (AvgIpc) is 2.91. The van der Waals surface area contributed by atoms with Gasteiger partial charge in [-0.05, 0) is 12.1 Å². The molecule has 3 rings (SSSR count). The summed E-state index contributed by atoms with van der Waals surface area (Å²) in [5, 5.41) is 0. The third-order valence-electron chi connectivity index (χ3n) is 3.25. The van der Waals surface area contributed by atoms with Gasteiger partial charge in [0.1, 0.15) is 6.54 Å². The predicted molar refractivity (Wildman–Crippen MR) is 72.3 cm³/mol. The molecule has 1 aromatic heterocycles. The van der Waals surface area contributed by atoms with Gasteiger partial charge in [-0.1, -0.05) is 12.1 Å². The molecule has 0 aliphatic rings. The lowest BCUT2D eigenvalue weighted by Crippen LogP contribution is -2.24. The molecule has 0 N–H and O–H groups in total. The maximum absolute atomic E-state index is 13.5. The lowest BCUT2D eigenvalue weighted by atomic mass is 10.2. The van der Waals surface area contributed by atoms with Crippen molar-refractivity contribution in [1.82, 2.24) is 4.57 Å². The van der Waals surface area contributed by atoms with Gasteiger partial charge < -0.3 is 9.15 Å². The fraction of sp³-hybridized carbons (Fsp3) is 0.0667. The molecule has 3 aromatic rings. The van der Waals surface area contributed by atoms with E-state index in [0.717, 1.165) is 4.57 Å². The van der Waals surface area contributed by atoms with Crippen molar-refractivity contribution in [2.24, 2.45) is 0 Å². The van der Waals surface area contributed by atoms with Crippen LogP contribution in [0.15, 0.2) is 33.5 Å². The molecule has 0 saturated heterocycles. The summed E-state index contributed by atoms with van der Waals surface area (Å²) >= 11 is 0. The lowest BCUT2D eigenvalue weighted by molar-refractivity contribution is -0.135. The molecule has 0 aliphatic carbocycles. The summed E-state index contributed by atoms with van der Waals surface area (Å²) in [5.74, 6) is -15.6. The monoisotopic (exact) mass is 359 g/mol. The minimum Gasteiger partial charge on any atom is -0.419 e. The summed E-state index contributed by atoms with van der Waals surface area (Å²) in [6, 6.07) is 5.94. The van der Waals surface area contributed by atoms with E-state index in [0.29, 0.717) is 0 Å². The number of oxazole rings is 1. The predicted octanol–water partition coefficient (Wildman–Crippen LogP) is 2.90. The normalized spacial score (nSPS) is 11.1. The molecule has 0 saturated carbocycles. The van der Waals surface area contributed by atoms with Crippen LogP contribution in [0, 0.1) is 29.1 Å². The van der Waals surface area contributed by atoms with Gasteiger partial charge in [-0.2, -0.15) is 8.78 Å². The Hall–Kier alpha value is -3.17. The Kier molecular flexibility index (Phi) is 4.03. The number of nitrogens with zero attached hydrogens (tertiary/aromatic N) is 1. The second-order valence-electron chi connectivity index (χ2n) is 4.79. The highest BCUT2D eigenvalue weighted by molar-refractivity contribution is 5.77. The zero-order chi connectivity index (χ0) is 18.3. The quantitative estimate of drug-likeness (QED) is 0.237. The molecule has 5 nitrogen and oxygen atoms in total. The number of fused-ring (bicyclic) bond motifs is 1. The van der Waals surface area contributed by atoms with Gasteiger partial charge in [0, 0.05) is 0 Å². The van der Waals surface area contributed by atoms with Crippen LogP contribution in [0.25, 0.3) is 11.1 Å². The Morgan fingerprint density at radius 3 is 2.16 bits per heavy atom. The molecule has 25 heavy (non-hydrogen) atoms. The van der Waals surface area contributed by atoms with Gasteiger partial charge in [0.2, 0.25) is 34.8 Å². The SMILES string of the molecule is O=C(Cn1c(=O)oc2ccccc21)Oc1c(F)c(F)c(F)c(F)c1F. The van der Waals surface area contributed by atoms with Gasteiger partial charge in [-0.3, -0.25) is 4.57 Å². The molecule has 130 valence electrons. The topological polar surface area (TPSA) is 61.4 Å². The fourth-order valence-electron chi connectivity index (χ4n) is 2.11. The number of hydrogen-bond donors (Lipinski definition) is 0. The van der Waals surface area contributed by atoms with Crippen LogP contribution in [0.3, 0.4) is 0 Å². The van der Waals surface area contributed by atoms with Gasteiger partial charge in [-0.15, -0.1) is 0 Å². The molecule has 0 spiro atoms. The first-order valence-corrected chi connectivity index (χ1v) is 6.61. The van der Waals surface area contributed by atoms with Gasteiger partial charge >= 0.3 is 11.7 Å². The van der Waals surface area contributed by atoms with Crippen molar-refractivity contribution in [1.29, 1.82) is 0 Å². The van der Waals surface area contributed by atoms with E-state index in [-0.39, 0.29) is 11.1 Å². The molecular weight excluding hydrogens is 353 g/mol. The third-order valence-corrected chi connectivity index (χ3v) is 3.25. The maximum Gasteiger partial charge on any atom is 0.420 e. The molecule has 0 fully saturated rings. The van der Waals surface area contributed by atoms with Gasteiger partial charge in [0.05, 0.1) is 5.52 Å². The standard InChI is InChI=1S/C15H6F5NO4/c16-9-10(17)12(19)14(13(20)11(9)18)25-8(22)5-21-6-3-1-2-4-7(6)24-15(21)23/h1-4H,5H2. The minimum atomic E-state index is -2.38. The number of carbonyl (C=O) groups excluding carboxylic acids is 1. The van der Waals surface area contributed by atoms with Gasteiger partial charge in [0.15, 0.2) is 5.58 Å². The molecule has 0 amide bonds. The van der Waals surface area contributed by atoms with Crippen LogP contribution >= 0.6 is 0 Å². The summed E-state index contributed by atoms with van der Waals surface area (Å²) in [5.41, 5.74) is 0.318. The van der Waals surface area contributed by atoms with E-state index >= 15 is 0 Å². The van der Waals surface area contributed by atoms with Crippen molar-refractivity contribution in [3.8, 4) is 5.75 Å². The molecule has 0 bridgehead atoms. The average molecular weight is 359 g/mol. The summed E-state index contributed by atoms with van der Waals surface area (Å²) < 4.78 is 75.9. The first-order chi connectivity index (χ1) is 11.8. The number of rotatable bonds is 3. The lowest BCUT2D eigenvalue weighted by Gasteiger charge is -2.09. The highest BCUT2D eigenvalue weighted by Gasteiger charge is 2.29. The molecule has 10 heteroatoms. The van der Waals surface area contributed by atoms with E-state index in [4.69, 9.17) is 4.42 Å². The summed E-state index contributed by atoms with van der Waals surface area (Å²) in [4.78, 5) is 23.5. The largest absolute Gasteiger partial charge is 0.420 e. The highest BCUT2D eigenvalue weighted by Crippen LogP contribution is 2.29. The maximum atomic E-state index is 13.5. The number of ether oxygens (including phenoxy) is 1. The second kappa shape index (κ2) is 6.04. The minimum absolute atomic E-state index is 0.136. The van der Waals surface area contributed by atoms with E-state index < -0.39 is 53.1 Å². The van der Waals surface area contributed by atoms with Crippen LogP contribution in [-0.4, -0.2) is 10.5 Å². The first kappa shape index (κ1) is 16.7. The van der Waals surface area contributed by atoms with Crippen molar-refractivity contribution in [3.05, 3.63) is 63.9 Å². The van der Waals surface area contributed by atoms with Crippen molar-refractivity contribution >= 4 is 17.1 Å². The van der Waals surface area contributed by atoms with Crippen LogP contribution in [0.5, 0.6) is 5.75 Å². The number of para-hydroxylation sites is 2. The Morgan fingerprint density at radius 1 is 0.960 bits per heavy atom. The summed E-state index contributed by atoms with van der Waals surface area (Å²) in [7, 11) is 0. The Morgan fingerprint density at radius 2 is 1.52 bits per heavy atom. The van der Waals surface area contributed by atoms with Crippen molar-refractivity contribution in [2.75, 3.05) is 0 Å². The van der Waals surface area contributed by atoms with Crippen LogP contribution in [-0.2, 0) is 11.3 Å². The van der Waals surface area contributed by atoms with E-state index in [2.05, 4.69) is 4.74 Å². The Labute approximate surface area is 134 Å². The number of aromatic nitrogens is 1. The molecule has 0 aliphatic heterocycles. The van der Waals surface area contributed by atoms with Crippen molar-refractivity contribution in [3.63, 3.8) is 0 Å². The van der Waals surface area contributed by atoms with E-state index in [1.807, 2.05) is 0 Å². The number of esters is 1. The number of carbonyl (C=O) groups is 1. The third kappa shape index (κ3) is 2.75. The smallest absolute Gasteiger partial charge is 0.419 e. The molecule has 0 radical (unpaired) electrons. The second-order valence-corrected chi connectivity index (χ2v) is 4.79. The Balaban J connectivity index is 1.94. The van der Waals surface area contributed by atoms with E-state index in [1.54, 1.807) is 6.07 Å². The van der Waals surface area contributed by atoms with Gasteiger partial charge in [0.25, 0.3) is 0 Å². The van der Waals surface area contributed by atoms with Crippen LogP contribution in [0.1, 0.15) is 0 Å². The molecule has 0 unspecified atom stereocenters. The van der Waals surface area contributed by atoms with Crippen molar-refractivity contribution in [2.45, 2.75) is 6.54 Å². The van der Waals surface area contributed by atoms with Crippen LogP contribution in [0.4, 0.5) is 22.0 Å². The molecule has 2 aromatic carbocycles. The zero-order valence-electron chi connectivity index (χ0n) is 12.0. The van der Waals surface area contributed by atoms with Crippen LogP contribution in [0.2, 0.25) is 0 Å². The molecule has 1 heterocycles. The van der Waals surface area contributed by atoms with E-state index in [1.165, 1.54) is 18.2 Å². The molecular formula is C15H6F5NO4. The summed E-state index contributed by atoms with van der Waals surface area (Å²) in [6.07, 6.45) is 0. The number of halogens is 5. The van der Waals surface area contributed by atoms with Crippen LogP contribution < -0.4 is 10.5 Å². The fourth-order valence-corrected chi connectivity index (χ4v) is 2.11. The molecule has 0 atom stereocenters. The highest BCUT2D eigenvalue weighted by atomic mass is 19.2.